The van der Waals surface area contributed by atoms with Gasteiger partial charge in [-0.3, -0.25) is 0 Å². The lowest BCUT2D eigenvalue weighted by Gasteiger charge is -2.25. The van der Waals surface area contributed by atoms with Crippen LogP contribution in [-0.2, 0) is 18.2 Å². The third kappa shape index (κ3) is 2.21. The lowest BCUT2D eigenvalue weighted by molar-refractivity contribution is -0.140. The second kappa shape index (κ2) is 4.56. The molecule has 0 fully saturated rings. The molecule has 2 aromatic rings. The summed E-state index contributed by atoms with van der Waals surface area (Å²) in [6.45, 7) is 0. The lowest BCUT2D eigenvalue weighted by atomic mass is 9.87. The Labute approximate surface area is 118 Å². The first-order valence-corrected chi connectivity index (χ1v) is 6.50. The number of halogens is 4. The highest BCUT2D eigenvalue weighted by Crippen LogP contribution is 2.43. The molecule has 0 spiro atoms. The average Bonchev–Trinajstić information content (AvgIpc) is 2.77. The molecular weight excluding hydrogens is 284 g/mol. The van der Waals surface area contributed by atoms with Crippen molar-refractivity contribution in [2.24, 2.45) is 0 Å². The van der Waals surface area contributed by atoms with Crippen LogP contribution in [0.4, 0.5) is 17.6 Å². The number of rotatable bonds is 1. The Morgan fingerprint density at radius 2 is 1.76 bits per heavy atom. The van der Waals surface area contributed by atoms with Crippen molar-refractivity contribution >= 4 is 0 Å². The van der Waals surface area contributed by atoms with Crippen molar-refractivity contribution in [2.45, 2.75) is 24.6 Å². The minimum absolute atomic E-state index is 0.151. The van der Waals surface area contributed by atoms with Crippen LogP contribution < -0.4 is 0 Å². The predicted octanol–water partition coefficient (Wildman–Crippen LogP) is 4.03. The van der Waals surface area contributed by atoms with E-state index in [9.17, 15) is 22.7 Å². The maximum Gasteiger partial charge on any atom is 0.419 e. The first kappa shape index (κ1) is 14.1. The summed E-state index contributed by atoms with van der Waals surface area (Å²) in [5, 5.41) is 10.8. The second-order valence-electron chi connectivity index (χ2n) is 5.21. The molecule has 1 aliphatic carbocycles. The molecule has 0 heterocycles. The second-order valence-corrected chi connectivity index (χ2v) is 5.21. The molecular formula is C16H12F4O. The molecule has 0 aliphatic heterocycles. The molecule has 0 bridgehead atoms. The van der Waals surface area contributed by atoms with Crippen molar-refractivity contribution in [3.05, 3.63) is 70.5 Å². The average molecular weight is 296 g/mol. The van der Waals surface area contributed by atoms with Gasteiger partial charge in [-0.05, 0) is 41.7 Å². The summed E-state index contributed by atoms with van der Waals surface area (Å²) in [5.74, 6) is -1.36. The summed E-state index contributed by atoms with van der Waals surface area (Å²) in [7, 11) is 0. The number of aryl methyl sites for hydroxylation is 1. The number of aliphatic hydroxyl groups is 1. The molecule has 1 atom stereocenters. The summed E-state index contributed by atoms with van der Waals surface area (Å²) >= 11 is 0. The molecule has 0 saturated carbocycles. The van der Waals surface area contributed by atoms with Gasteiger partial charge in [0.25, 0.3) is 0 Å². The van der Waals surface area contributed by atoms with Crippen LogP contribution in [0.25, 0.3) is 0 Å². The van der Waals surface area contributed by atoms with E-state index in [0.717, 1.165) is 17.7 Å². The molecule has 21 heavy (non-hydrogen) atoms. The van der Waals surface area contributed by atoms with Gasteiger partial charge in [-0.2, -0.15) is 13.2 Å². The van der Waals surface area contributed by atoms with Crippen LogP contribution >= 0.6 is 0 Å². The van der Waals surface area contributed by atoms with Crippen LogP contribution in [0.2, 0.25) is 0 Å². The maximum atomic E-state index is 13.7. The minimum atomic E-state index is -4.74. The number of hydrogen-bond acceptors (Lipinski definition) is 1. The van der Waals surface area contributed by atoms with E-state index in [4.69, 9.17) is 0 Å². The van der Waals surface area contributed by atoms with E-state index >= 15 is 0 Å². The van der Waals surface area contributed by atoms with Gasteiger partial charge in [0, 0.05) is 0 Å². The van der Waals surface area contributed by atoms with Crippen molar-refractivity contribution in [1.29, 1.82) is 0 Å². The molecule has 0 saturated heterocycles. The van der Waals surface area contributed by atoms with Crippen molar-refractivity contribution in [1.82, 2.24) is 0 Å². The van der Waals surface area contributed by atoms with Gasteiger partial charge in [0.1, 0.15) is 11.4 Å². The molecule has 3 rings (SSSR count). The number of fused-ring (bicyclic) bond motifs is 1. The maximum absolute atomic E-state index is 13.7. The van der Waals surface area contributed by atoms with Gasteiger partial charge in [0.05, 0.1) is 5.56 Å². The van der Waals surface area contributed by atoms with Gasteiger partial charge >= 0.3 is 6.18 Å². The third-order valence-electron chi connectivity index (χ3n) is 3.97. The molecule has 1 N–H and O–H groups in total. The fraction of sp³-hybridized carbons (Fsp3) is 0.250. The molecule has 2 aromatic carbocycles. The monoisotopic (exact) mass is 296 g/mol. The third-order valence-corrected chi connectivity index (χ3v) is 3.97. The highest BCUT2D eigenvalue weighted by Gasteiger charge is 2.40. The molecule has 1 aliphatic rings. The van der Waals surface area contributed by atoms with Gasteiger partial charge in [-0.25, -0.2) is 4.39 Å². The minimum Gasteiger partial charge on any atom is -0.380 e. The van der Waals surface area contributed by atoms with Gasteiger partial charge in [0.2, 0.25) is 0 Å². The number of hydrogen-bond donors (Lipinski definition) is 1. The van der Waals surface area contributed by atoms with Gasteiger partial charge in [0.15, 0.2) is 0 Å². The number of alkyl halides is 3. The molecule has 1 nitrogen and oxygen atoms in total. The van der Waals surface area contributed by atoms with E-state index in [1.54, 1.807) is 12.1 Å². The first-order chi connectivity index (χ1) is 9.82. The molecule has 0 aromatic heterocycles. The van der Waals surface area contributed by atoms with Gasteiger partial charge < -0.3 is 5.11 Å². The van der Waals surface area contributed by atoms with E-state index < -0.39 is 23.2 Å². The fourth-order valence-corrected chi connectivity index (χ4v) is 2.89. The normalized spacial score (nSPS) is 21.4. The zero-order chi connectivity index (χ0) is 15.3. The van der Waals surface area contributed by atoms with Crippen LogP contribution in [0.3, 0.4) is 0 Å². The highest BCUT2D eigenvalue weighted by molar-refractivity contribution is 5.46. The van der Waals surface area contributed by atoms with E-state index in [-0.39, 0.29) is 5.56 Å². The quantitative estimate of drug-likeness (QED) is 0.788. The van der Waals surface area contributed by atoms with Gasteiger partial charge in [-0.1, -0.05) is 30.3 Å². The Morgan fingerprint density at radius 3 is 2.43 bits per heavy atom. The van der Waals surface area contributed by atoms with E-state index in [1.165, 1.54) is 0 Å². The molecule has 1 unspecified atom stereocenters. The van der Waals surface area contributed by atoms with Crippen LogP contribution in [-0.4, -0.2) is 5.11 Å². The highest BCUT2D eigenvalue weighted by atomic mass is 19.4. The smallest absolute Gasteiger partial charge is 0.380 e. The molecule has 0 amide bonds. The predicted molar refractivity (Wildman–Crippen MR) is 69.2 cm³/mol. The number of benzene rings is 2. The Bertz CT molecular complexity index is 693. The van der Waals surface area contributed by atoms with Gasteiger partial charge in [-0.15, -0.1) is 0 Å². The molecule has 0 radical (unpaired) electrons. The van der Waals surface area contributed by atoms with Crippen LogP contribution in [0, 0.1) is 5.82 Å². The Kier molecular flexibility index (Phi) is 3.06. The standard InChI is InChI=1S/C16H12F4O/c17-14-9-11(5-6-13(14)16(18,19)20)15(21)8-7-10-3-1-2-4-12(10)15/h1-6,9,21H,7-8H2. The van der Waals surface area contributed by atoms with Crippen molar-refractivity contribution in [3.63, 3.8) is 0 Å². The first-order valence-electron chi connectivity index (χ1n) is 6.50. The van der Waals surface area contributed by atoms with Crippen molar-refractivity contribution < 1.29 is 22.7 Å². The summed E-state index contributed by atoms with van der Waals surface area (Å²) < 4.78 is 51.5. The Morgan fingerprint density at radius 1 is 1.05 bits per heavy atom. The fourth-order valence-electron chi connectivity index (χ4n) is 2.89. The Balaban J connectivity index is 2.08. The van der Waals surface area contributed by atoms with Crippen LogP contribution in [0.1, 0.15) is 28.7 Å². The van der Waals surface area contributed by atoms with E-state index in [1.807, 2.05) is 12.1 Å². The zero-order valence-corrected chi connectivity index (χ0v) is 10.9. The van der Waals surface area contributed by atoms with E-state index in [0.29, 0.717) is 24.5 Å². The summed E-state index contributed by atoms with van der Waals surface area (Å²) in [4.78, 5) is 0. The van der Waals surface area contributed by atoms with Crippen LogP contribution in [0.15, 0.2) is 42.5 Å². The lowest BCUT2D eigenvalue weighted by Crippen LogP contribution is -2.24. The topological polar surface area (TPSA) is 20.2 Å². The SMILES string of the molecule is OC1(c2ccc(C(F)(F)F)c(F)c2)CCc2ccccc21. The molecule has 5 heteroatoms. The van der Waals surface area contributed by atoms with Crippen LogP contribution in [0.5, 0.6) is 0 Å². The summed E-state index contributed by atoms with van der Waals surface area (Å²) in [5.41, 5.74) is -1.04. The Hall–Kier alpha value is -1.88. The largest absolute Gasteiger partial charge is 0.419 e. The summed E-state index contributed by atoms with van der Waals surface area (Å²) in [6, 6.07) is 9.77. The van der Waals surface area contributed by atoms with Crippen molar-refractivity contribution in [2.75, 3.05) is 0 Å². The van der Waals surface area contributed by atoms with Crippen molar-refractivity contribution in [3.8, 4) is 0 Å². The summed E-state index contributed by atoms with van der Waals surface area (Å²) in [6.07, 6.45) is -3.80. The zero-order valence-electron chi connectivity index (χ0n) is 10.9. The van der Waals surface area contributed by atoms with E-state index in [2.05, 4.69) is 0 Å². The molecule has 110 valence electrons.